The number of methoxy groups -OCH3 is 1. The molecule has 0 spiro atoms. The Labute approximate surface area is 217 Å². The number of aldehydes is 1. The molecule has 1 aromatic carbocycles. The number of nitrogens with zero attached hydrogens (tertiary/aromatic N) is 1. The Morgan fingerprint density at radius 1 is 0.686 bits per heavy atom. The van der Waals surface area contributed by atoms with E-state index >= 15 is 0 Å². The molecular formula is C31H56NO3+. The molecule has 0 unspecified atom stereocenters. The van der Waals surface area contributed by atoms with Crippen LogP contribution in [0, 0.1) is 0 Å². The summed E-state index contributed by atoms with van der Waals surface area (Å²) < 4.78 is 12.3. The number of hydrogen-bond donors (Lipinski definition) is 0. The van der Waals surface area contributed by atoms with Crippen LogP contribution in [0.2, 0.25) is 0 Å². The molecule has 0 radical (unpaired) electrons. The van der Waals surface area contributed by atoms with E-state index < -0.39 is 0 Å². The first-order valence-corrected chi connectivity index (χ1v) is 14.6. The van der Waals surface area contributed by atoms with E-state index in [1.165, 1.54) is 109 Å². The highest BCUT2D eigenvalue weighted by molar-refractivity contribution is 5.76. The molecule has 0 aliphatic carbocycles. The first-order chi connectivity index (χ1) is 17.0. The third-order valence-electron chi connectivity index (χ3n) is 7.11. The van der Waals surface area contributed by atoms with Crippen LogP contribution in [0.5, 0.6) is 11.5 Å². The maximum atomic E-state index is 10.9. The van der Waals surface area contributed by atoms with Crippen LogP contribution in [0.3, 0.4) is 0 Å². The summed E-state index contributed by atoms with van der Waals surface area (Å²) in [6.07, 6.45) is 24.5. The summed E-state index contributed by atoms with van der Waals surface area (Å²) in [6.45, 7) is 5.29. The van der Waals surface area contributed by atoms with Crippen LogP contribution in [0.4, 0.5) is 0 Å². The smallest absolute Gasteiger partial charge is 0.161 e. The molecule has 0 fully saturated rings. The van der Waals surface area contributed by atoms with Gasteiger partial charge in [0.15, 0.2) is 11.5 Å². The van der Waals surface area contributed by atoms with Gasteiger partial charge in [0.25, 0.3) is 0 Å². The highest BCUT2D eigenvalue weighted by Gasteiger charge is 2.14. The highest BCUT2D eigenvalue weighted by Crippen LogP contribution is 2.27. The number of quaternary nitrogens is 1. The maximum Gasteiger partial charge on any atom is 0.161 e. The van der Waals surface area contributed by atoms with Crippen molar-refractivity contribution in [1.29, 1.82) is 0 Å². The zero-order valence-corrected chi connectivity index (χ0v) is 23.6. The zero-order valence-electron chi connectivity index (χ0n) is 23.6. The van der Waals surface area contributed by atoms with Crippen molar-refractivity contribution in [3.8, 4) is 11.5 Å². The second-order valence-corrected chi connectivity index (χ2v) is 10.9. The highest BCUT2D eigenvalue weighted by atomic mass is 16.5. The van der Waals surface area contributed by atoms with Crippen molar-refractivity contribution in [3.05, 3.63) is 23.8 Å². The third-order valence-corrected chi connectivity index (χ3v) is 7.11. The van der Waals surface area contributed by atoms with Crippen molar-refractivity contribution in [1.82, 2.24) is 0 Å². The minimum Gasteiger partial charge on any atom is -0.493 e. The lowest BCUT2D eigenvalue weighted by Gasteiger charge is -2.30. The van der Waals surface area contributed by atoms with Gasteiger partial charge in [-0.25, -0.2) is 0 Å². The van der Waals surface area contributed by atoms with Crippen LogP contribution in [-0.4, -0.2) is 51.7 Å². The molecule has 0 heterocycles. The van der Waals surface area contributed by atoms with Crippen molar-refractivity contribution < 1.29 is 18.8 Å². The molecule has 0 bridgehead atoms. The van der Waals surface area contributed by atoms with Gasteiger partial charge in [-0.05, 0) is 31.0 Å². The molecule has 1 aromatic rings. The van der Waals surface area contributed by atoms with E-state index in [0.29, 0.717) is 23.7 Å². The molecule has 4 heteroatoms. The van der Waals surface area contributed by atoms with Crippen LogP contribution in [0.15, 0.2) is 18.2 Å². The van der Waals surface area contributed by atoms with Gasteiger partial charge in [-0.15, -0.1) is 0 Å². The largest absolute Gasteiger partial charge is 0.493 e. The van der Waals surface area contributed by atoms with Crippen molar-refractivity contribution in [3.63, 3.8) is 0 Å². The van der Waals surface area contributed by atoms with Gasteiger partial charge < -0.3 is 14.0 Å². The summed E-state index contributed by atoms with van der Waals surface area (Å²) >= 11 is 0. The lowest BCUT2D eigenvalue weighted by molar-refractivity contribution is -0.890. The number of unbranched alkanes of at least 4 members (excludes halogenated alkanes) is 15. The molecule has 1 rings (SSSR count). The van der Waals surface area contributed by atoms with Crippen molar-refractivity contribution in [2.45, 2.75) is 116 Å². The van der Waals surface area contributed by atoms with Crippen molar-refractivity contribution in [2.24, 2.45) is 0 Å². The Kier molecular flexibility index (Phi) is 18.5. The number of carbonyl (C=O) groups excluding carboxylic acids is 1. The predicted molar refractivity (Wildman–Crippen MR) is 150 cm³/mol. The Hall–Kier alpha value is -1.55. The van der Waals surface area contributed by atoms with E-state index in [1.54, 1.807) is 19.2 Å². The molecule has 4 nitrogen and oxygen atoms in total. The fourth-order valence-corrected chi connectivity index (χ4v) is 4.75. The van der Waals surface area contributed by atoms with Crippen LogP contribution in [-0.2, 0) is 0 Å². The van der Waals surface area contributed by atoms with Gasteiger partial charge in [-0.1, -0.05) is 96.8 Å². The van der Waals surface area contributed by atoms with E-state index in [9.17, 15) is 4.79 Å². The van der Waals surface area contributed by atoms with Crippen molar-refractivity contribution in [2.75, 3.05) is 40.9 Å². The predicted octanol–water partition coefficient (Wildman–Crippen LogP) is 8.61. The maximum absolute atomic E-state index is 10.9. The quantitative estimate of drug-likeness (QED) is 0.0826. The molecule has 202 valence electrons. The van der Waals surface area contributed by atoms with Crippen molar-refractivity contribution >= 4 is 6.29 Å². The molecular weight excluding hydrogens is 434 g/mol. The summed E-state index contributed by atoms with van der Waals surface area (Å²) in [5.74, 6) is 1.33. The normalized spacial score (nSPS) is 11.5. The summed E-state index contributed by atoms with van der Waals surface area (Å²) in [4.78, 5) is 10.9. The van der Waals surface area contributed by atoms with Crippen LogP contribution in [0.1, 0.15) is 126 Å². The zero-order chi connectivity index (χ0) is 25.6. The van der Waals surface area contributed by atoms with Crippen LogP contribution >= 0.6 is 0 Å². The third kappa shape index (κ3) is 16.7. The van der Waals surface area contributed by atoms with Gasteiger partial charge in [0.2, 0.25) is 0 Å². The molecule has 0 saturated heterocycles. The molecule has 0 atom stereocenters. The Balaban J connectivity index is 1.95. The van der Waals surface area contributed by atoms with Gasteiger partial charge in [0.1, 0.15) is 6.29 Å². The molecule has 0 aliphatic heterocycles. The van der Waals surface area contributed by atoms with Gasteiger partial charge in [0, 0.05) is 12.0 Å². The molecule has 0 N–H and O–H groups in total. The lowest BCUT2D eigenvalue weighted by atomic mass is 10.0. The molecule has 0 aliphatic rings. The number of carbonyl (C=O) groups is 1. The van der Waals surface area contributed by atoms with Gasteiger partial charge in [-0.2, -0.15) is 0 Å². The van der Waals surface area contributed by atoms with Gasteiger partial charge in [-0.3, -0.25) is 4.79 Å². The number of ether oxygens (including phenoxy) is 2. The van der Waals surface area contributed by atoms with E-state index in [-0.39, 0.29) is 0 Å². The van der Waals surface area contributed by atoms with Crippen LogP contribution in [0.25, 0.3) is 0 Å². The van der Waals surface area contributed by atoms with Gasteiger partial charge >= 0.3 is 0 Å². The standard InChI is InChI=1S/C31H56NO3/c1-5-6-7-8-9-10-11-12-13-14-15-16-17-18-19-20-24-32(2,3)25-21-26-35-30-23-22-29(28-33)27-31(30)34-4/h22-23,27-28H,5-21,24-26H2,1-4H3/q+1. The minimum atomic E-state index is 0.603. The van der Waals surface area contributed by atoms with Crippen LogP contribution < -0.4 is 9.47 Å². The monoisotopic (exact) mass is 490 g/mol. The topological polar surface area (TPSA) is 35.5 Å². The number of hydrogen-bond acceptors (Lipinski definition) is 3. The van der Waals surface area contributed by atoms with E-state index in [4.69, 9.17) is 9.47 Å². The lowest BCUT2D eigenvalue weighted by Crippen LogP contribution is -2.41. The van der Waals surface area contributed by atoms with E-state index in [0.717, 1.165) is 23.7 Å². The fourth-order valence-electron chi connectivity index (χ4n) is 4.75. The second-order valence-electron chi connectivity index (χ2n) is 10.9. The summed E-state index contributed by atoms with van der Waals surface area (Å²) in [5, 5.41) is 0. The fraction of sp³-hybridized carbons (Fsp3) is 0.774. The van der Waals surface area contributed by atoms with Gasteiger partial charge in [0.05, 0.1) is 40.9 Å². The average molecular weight is 491 g/mol. The number of rotatable bonds is 24. The Bertz CT molecular complexity index is 644. The first kappa shape index (κ1) is 31.5. The van der Waals surface area contributed by atoms with E-state index in [1.807, 2.05) is 6.07 Å². The number of benzene rings is 1. The second kappa shape index (κ2) is 20.6. The molecule has 35 heavy (non-hydrogen) atoms. The first-order valence-electron chi connectivity index (χ1n) is 14.6. The summed E-state index contributed by atoms with van der Waals surface area (Å²) in [6, 6.07) is 5.31. The molecule has 0 saturated carbocycles. The molecule has 0 amide bonds. The SMILES string of the molecule is CCCCCCCCCCCCCCCCCC[N+](C)(C)CCCOc1ccc(C=O)cc1OC. The summed E-state index contributed by atoms with van der Waals surface area (Å²) in [7, 11) is 6.25. The minimum absolute atomic E-state index is 0.603. The Morgan fingerprint density at radius 3 is 1.66 bits per heavy atom. The van der Waals surface area contributed by atoms with E-state index in [2.05, 4.69) is 21.0 Å². The average Bonchev–Trinajstić information content (AvgIpc) is 2.86. The molecule has 0 aromatic heterocycles. The summed E-state index contributed by atoms with van der Waals surface area (Å²) in [5.41, 5.74) is 0.603. The Morgan fingerprint density at radius 2 is 1.17 bits per heavy atom.